The third-order valence-corrected chi connectivity index (χ3v) is 6.12. The smallest absolute Gasteiger partial charge is 0.417 e. The lowest BCUT2D eigenvalue weighted by atomic mass is 9.96. The predicted octanol–water partition coefficient (Wildman–Crippen LogP) is 6.38. The standard InChI is InChI=1S/C30H34N4O6/c1-20-18-23(10-11-25(20)32-28(36)39-22-8-6-5-7-9-22)38-24-12-15-31-26(19-24)33-27(35)21-13-16-34(17-14-21)29(37)40-30(2,3)4/h5-12,15,18-19,21H,13-14,16-17H2,1-4H3,(H,32,36)(H,31,33,35). The summed E-state index contributed by atoms with van der Waals surface area (Å²) in [5.74, 6) is 1.48. The molecule has 0 spiro atoms. The second-order valence-corrected chi connectivity index (χ2v) is 10.5. The molecule has 10 heteroatoms. The van der Waals surface area contributed by atoms with Crippen molar-refractivity contribution in [1.82, 2.24) is 9.88 Å². The molecule has 1 aliphatic rings. The van der Waals surface area contributed by atoms with E-state index < -0.39 is 11.7 Å². The number of nitrogens with one attached hydrogen (secondary N) is 2. The number of amides is 3. The second kappa shape index (κ2) is 12.5. The molecule has 0 radical (unpaired) electrons. The first-order chi connectivity index (χ1) is 19.1. The summed E-state index contributed by atoms with van der Waals surface area (Å²) in [5, 5.41) is 5.58. The fourth-order valence-corrected chi connectivity index (χ4v) is 4.13. The van der Waals surface area contributed by atoms with Crippen LogP contribution in [0.25, 0.3) is 0 Å². The Balaban J connectivity index is 1.29. The quantitative estimate of drug-likeness (QED) is 0.368. The molecule has 1 aliphatic heterocycles. The average Bonchev–Trinajstić information content (AvgIpc) is 2.90. The van der Waals surface area contributed by atoms with Gasteiger partial charge in [0.1, 0.15) is 28.7 Å². The van der Waals surface area contributed by atoms with Crippen molar-refractivity contribution in [3.05, 3.63) is 72.4 Å². The highest BCUT2D eigenvalue weighted by Gasteiger charge is 2.30. The highest BCUT2D eigenvalue weighted by atomic mass is 16.6. The van der Waals surface area contributed by atoms with E-state index in [1.807, 2.05) is 33.8 Å². The molecule has 0 saturated carbocycles. The van der Waals surface area contributed by atoms with E-state index in [1.165, 1.54) is 0 Å². The summed E-state index contributed by atoms with van der Waals surface area (Å²) in [6, 6.07) is 17.4. The molecule has 3 amide bonds. The maximum Gasteiger partial charge on any atom is 0.417 e. The van der Waals surface area contributed by atoms with E-state index >= 15 is 0 Å². The topological polar surface area (TPSA) is 119 Å². The molecule has 210 valence electrons. The summed E-state index contributed by atoms with van der Waals surface area (Å²) < 4.78 is 16.7. The molecular formula is C30H34N4O6. The third-order valence-electron chi connectivity index (χ3n) is 6.12. The molecule has 0 atom stereocenters. The van der Waals surface area contributed by atoms with Gasteiger partial charge < -0.3 is 24.4 Å². The van der Waals surface area contributed by atoms with Gasteiger partial charge in [-0.05, 0) is 82.5 Å². The summed E-state index contributed by atoms with van der Waals surface area (Å²) >= 11 is 0. The molecule has 0 bridgehead atoms. The van der Waals surface area contributed by atoms with Crippen molar-refractivity contribution in [2.45, 2.75) is 46.1 Å². The number of carbonyl (C=O) groups is 3. The van der Waals surface area contributed by atoms with Gasteiger partial charge in [-0.15, -0.1) is 0 Å². The van der Waals surface area contributed by atoms with Gasteiger partial charge in [-0.25, -0.2) is 14.6 Å². The summed E-state index contributed by atoms with van der Waals surface area (Å²) in [7, 11) is 0. The first-order valence-electron chi connectivity index (χ1n) is 13.1. The summed E-state index contributed by atoms with van der Waals surface area (Å²) in [6.07, 6.45) is 1.69. The van der Waals surface area contributed by atoms with Gasteiger partial charge in [-0.1, -0.05) is 18.2 Å². The van der Waals surface area contributed by atoms with E-state index in [-0.39, 0.29) is 17.9 Å². The van der Waals surface area contributed by atoms with Crippen LogP contribution in [0, 0.1) is 12.8 Å². The molecule has 1 fully saturated rings. The number of likely N-dealkylation sites (tertiary alicyclic amines) is 1. The number of aromatic nitrogens is 1. The number of ether oxygens (including phenoxy) is 3. The van der Waals surface area contributed by atoms with Gasteiger partial charge >= 0.3 is 12.2 Å². The van der Waals surface area contributed by atoms with Crippen LogP contribution in [-0.2, 0) is 9.53 Å². The molecular weight excluding hydrogens is 512 g/mol. The van der Waals surface area contributed by atoms with Gasteiger partial charge in [-0.2, -0.15) is 0 Å². The Kier molecular flexibility index (Phi) is 8.88. The van der Waals surface area contributed by atoms with E-state index in [0.29, 0.717) is 54.7 Å². The van der Waals surface area contributed by atoms with Crippen molar-refractivity contribution in [1.29, 1.82) is 0 Å². The molecule has 2 N–H and O–H groups in total. The van der Waals surface area contributed by atoms with Crippen LogP contribution in [0.4, 0.5) is 21.1 Å². The van der Waals surface area contributed by atoms with Gasteiger partial charge in [0.2, 0.25) is 5.91 Å². The normalized spacial score (nSPS) is 13.8. The van der Waals surface area contributed by atoms with Crippen molar-refractivity contribution < 1.29 is 28.6 Å². The second-order valence-electron chi connectivity index (χ2n) is 10.5. The lowest BCUT2D eigenvalue weighted by Gasteiger charge is -2.32. The van der Waals surface area contributed by atoms with Crippen molar-refractivity contribution in [3.63, 3.8) is 0 Å². The van der Waals surface area contributed by atoms with Crippen LogP contribution >= 0.6 is 0 Å². The largest absolute Gasteiger partial charge is 0.457 e. The van der Waals surface area contributed by atoms with Gasteiger partial charge in [0.05, 0.1) is 0 Å². The number of benzene rings is 2. The number of piperidine rings is 1. The van der Waals surface area contributed by atoms with Crippen molar-refractivity contribution in [2.24, 2.45) is 5.92 Å². The minimum atomic E-state index is -0.590. The number of pyridine rings is 1. The van der Waals surface area contributed by atoms with Crippen LogP contribution in [0.3, 0.4) is 0 Å². The lowest BCUT2D eigenvalue weighted by Crippen LogP contribution is -2.43. The van der Waals surface area contributed by atoms with Gasteiger partial charge in [0.25, 0.3) is 0 Å². The molecule has 0 unspecified atom stereocenters. The first kappa shape index (κ1) is 28.4. The van der Waals surface area contributed by atoms with Crippen LogP contribution in [0.15, 0.2) is 66.9 Å². The number of carbonyl (C=O) groups excluding carboxylic acids is 3. The molecule has 3 aromatic rings. The zero-order chi connectivity index (χ0) is 28.7. The van der Waals surface area contributed by atoms with E-state index in [1.54, 1.807) is 65.7 Å². The maximum atomic E-state index is 12.9. The fourth-order valence-electron chi connectivity index (χ4n) is 4.13. The summed E-state index contributed by atoms with van der Waals surface area (Å²) in [6.45, 7) is 8.24. The van der Waals surface area contributed by atoms with Crippen LogP contribution in [0.2, 0.25) is 0 Å². The Bertz CT molecular complexity index is 1350. The van der Waals surface area contributed by atoms with Gasteiger partial charge in [-0.3, -0.25) is 10.1 Å². The number of hydrogen-bond acceptors (Lipinski definition) is 7. The minimum absolute atomic E-state index is 0.151. The zero-order valence-electron chi connectivity index (χ0n) is 23.1. The van der Waals surface area contributed by atoms with Gasteiger partial charge in [0.15, 0.2) is 0 Å². The lowest BCUT2D eigenvalue weighted by molar-refractivity contribution is -0.121. The Morgan fingerprint density at radius 1 is 0.900 bits per heavy atom. The highest BCUT2D eigenvalue weighted by molar-refractivity contribution is 5.92. The minimum Gasteiger partial charge on any atom is -0.457 e. The van der Waals surface area contributed by atoms with E-state index in [9.17, 15) is 14.4 Å². The predicted molar refractivity (Wildman–Crippen MR) is 151 cm³/mol. The molecule has 2 aromatic carbocycles. The summed E-state index contributed by atoms with van der Waals surface area (Å²) in [4.78, 5) is 43.2. The Labute approximate surface area is 233 Å². The zero-order valence-corrected chi connectivity index (χ0v) is 23.1. The molecule has 1 aromatic heterocycles. The molecule has 2 heterocycles. The van der Waals surface area contributed by atoms with E-state index in [4.69, 9.17) is 14.2 Å². The SMILES string of the molecule is Cc1cc(Oc2ccnc(NC(=O)C3CCN(C(=O)OC(C)(C)C)CC3)c2)ccc1NC(=O)Oc1ccccc1. The number of hydrogen-bond donors (Lipinski definition) is 2. The Hall–Kier alpha value is -4.60. The Morgan fingerprint density at radius 3 is 2.27 bits per heavy atom. The maximum absolute atomic E-state index is 12.9. The van der Waals surface area contributed by atoms with Crippen LogP contribution < -0.4 is 20.1 Å². The number of rotatable bonds is 6. The van der Waals surface area contributed by atoms with Crippen molar-refractivity contribution >= 4 is 29.6 Å². The number of para-hydroxylation sites is 1. The molecule has 4 rings (SSSR count). The fraction of sp³-hybridized carbons (Fsp3) is 0.333. The first-order valence-corrected chi connectivity index (χ1v) is 13.1. The molecule has 10 nitrogen and oxygen atoms in total. The van der Waals surface area contributed by atoms with Crippen LogP contribution in [-0.4, -0.2) is 46.7 Å². The summed E-state index contributed by atoms with van der Waals surface area (Å²) in [5.41, 5.74) is 0.814. The number of anilines is 2. The van der Waals surface area contributed by atoms with Crippen LogP contribution in [0.1, 0.15) is 39.2 Å². The van der Waals surface area contributed by atoms with Crippen molar-refractivity contribution in [2.75, 3.05) is 23.7 Å². The molecule has 1 saturated heterocycles. The van der Waals surface area contributed by atoms with Crippen LogP contribution in [0.5, 0.6) is 17.2 Å². The highest BCUT2D eigenvalue weighted by Crippen LogP contribution is 2.28. The monoisotopic (exact) mass is 546 g/mol. The van der Waals surface area contributed by atoms with E-state index in [0.717, 1.165) is 5.56 Å². The Morgan fingerprint density at radius 2 is 1.60 bits per heavy atom. The molecule has 0 aliphatic carbocycles. The third kappa shape index (κ3) is 8.20. The van der Waals surface area contributed by atoms with Crippen molar-refractivity contribution in [3.8, 4) is 17.2 Å². The van der Waals surface area contributed by atoms with E-state index in [2.05, 4.69) is 15.6 Å². The number of nitrogens with zero attached hydrogens (tertiary/aromatic N) is 2. The molecule has 40 heavy (non-hydrogen) atoms. The van der Waals surface area contributed by atoms with Gasteiger partial charge in [0, 0.05) is 37.0 Å². The number of aryl methyl sites for hydroxylation is 1. The average molecular weight is 547 g/mol.